The first-order valence-corrected chi connectivity index (χ1v) is 10.9. The predicted octanol–water partition coefficient (Wildman–Crippen LogP) is 3.83. The number of amides is 2. The van der Waals surface area contributed by atoms with Crippen LogP contribution in [0.4, 0.5) is 0 Å². The molecular formula is C21H29Cl2N3O2. The molecule has 154 valence electrons. The first kappa shape index (κ1) is 21.4. The van der Waals surface area contributed by atoms with Crippen molar-refractivity contribution < 1.29 is 9.59 Å². The van der Waals surface area contributed by atoms with Gasteiger partial charge in [-0.1, -0.05) is 36.0 Å². The van der Waals surface area contributed by atoms with Crippen LogP contribution in [0.1, 0.15) is 49.9 Å². The molecule has 1 unspecified atom stereocenters. The third-order valence-corrected chi connectivity index (χ3v) is 6.45. The van der Waals surface area contributed by atoms with E-state index < -0.39 is 0 Å². The molecule has 0 aromatic heterocycles. The normalized spacial score (nSPS) is 19.8. The number of piperazine rings is 1. The molecule has 0 radical (unpaired) electrons. The van der Waals surface area contributed by atoms with Crippen LogP contribution < -0.4 is 5.32 Å². The largest absolute Gasteiger partial charge is 0.353 e. The van der Waals surface area contributed by atoms with Crippen LogP contribution in [0.15, 0.2) is 18.2 Å². The Morgan fingerprint density at radius 3 is 2.25 bits per heavy atom. The molecule has 1 atom stereocenters. The van der Waals surface area contributed by atoms with Gasteiger partial charge >= 0.3 is 0 Å². The molecule has 1 aliphatic carbocycles. The Labute approximate surface area is 177 Å². The SMILES string of the molecule is CC(C)NC(=O)C(C1CCCC1)N1CCN(C(=O)c2ccc(Cl)c(Cl)c2)CC1. The number of hydrogen-bond acceptors (Lipinski definition) is 3. The highest BCUT2D eigenvalue weighted by Crippen LogP contribution is 2.31. The summed E-state index contributed by atoms with van der Waals surface area (Å²) in [5, 5.41) is 3.93. The van der Waals surface area contributed by atoms with Gasteiger partial charge in [0.25, 0.3) is 5.91 Å². The number of hydrogen-bond donors (Lipinski definition) is 1. The van der Waals surface area contributed by atoms with Crippen LogP contribution >= 0.6 is 23.2 Å². The van der Waals surface area contributed by atoms with Crippen molar-refractivity contribution in [3.8, 4) is 0 Å². The lowest BCUT2D eigenvalue weighted by Gasteiger charge is -2.41. The van der Waals surface area contributed by atoms with Gasteiger partial charge in [0.1, 0.15) is 0 Å². The second-order valence-electron chi connectivity index (χ2n) is 8.11. The molecule has 3 rings (SSSR count). The molecule has 2 amide bonds. The Bertz CT molecular complexity index is 712. The van der Waals surface area contributed by atoms with Gasteiger partial charge in [-0.3, -0.25) is 14.5 Å². The van der Waals surface area contributed by atoms with E-state index in [1.165, 1.54) is 12.8 Å². The fraction of sp³-hybridized carbons (Fsp3) is 0.619. The van der Waals surface area contributed by atoms with E-state index in [2.05, 4.69) is 10.2 Å². The van der Waals surface area contributed by atoms with Crippen LogP contribution in [0.5, 0.6) is 0 Å². The zero-order chi connectivity index (χ0) is 20.3. The zero-order valence-corrected chi connectivity index (χ0v) is 18.1. The summed E-state index contributed by atoms with van der Waals surface area (Å²) in [5.41, 5.74) is 0.549. The highest BCUT2D eigenvalue weighted by molar-refractivity contribution is 6.42. The Morgan fingerprint density at radius 2 is 1.68 bits per heavy atom. The minimum atomic E-state index is -0.0906. The van der Waals surface area contributed by atoms with E-state index in [4.69, 9.17) is 23.2 Å². The van der Waals surface area contributed by atoms with Gasteiger partial charge in [-0.15, -0.1) is 0 Å². The number of benzene rings is 1. The van der Waals surface area contributed by atoms with Crippen LogP contribution in [-0.2, 0) is 4.79 Å². The van der Waals surface area contributed by atoms with Gasteiger partial charge in [0.05, 0.1) is 16.1 Å². The highest BCUT2D eigenvalue weighted by atomic mass is 35.5. The number of rotatable bonds is 5. The number of halogens is 2. The molecule has 7 heteroatoms. The third-order valence-electron chi connectivity index (χ3n) is 5.71. The van der Waals surface area contributed by atoms with Gasteiger partial charge in [0.15, 0.2) is 0 Å². The van der Waals surface area contributed by atoms with Crippen molar-refractivity contribution >= 4 is 35.0 Å². The molecule has 1 N–H and O–H groups in total. The van der Waals surface area contributed by atoms with E-state index in [1.807, 2.05) is 18.7 Å². The number of carbonyl (C=O) groups is 2. The molecule has 1 aromatic carbocycles. The second-order valence-corrected chi connectivity index (χ2v) is 8.92. The fourth-order valence-corrected chi connectivity index (χ4v) is 4.63. The summed E-state index contributed by atoms with van der Waals surface area (Å²) in [4.78, 5) is 29.8. The van der Waals surface area contributed by atoms with Crippen LogP contribution in [0, 0.1) is 5.92 Å². The third kappa shape index (κ3) is 5.00. The van der Waals surface area contributed by atoms with Crippen molar-refractivity contribution in [3.05, 3.63) is 33.8 Å². The first-order valence-electron chi connectivity index (χ1n) is 10.2. The molecular weight excluding hydrogens is 397 g/mol. The maximum absolute atomic E-state index is 12.9. The van der Waals surface area contributed by atoms with Crippen LogP contribution in [0.2, 0.25) is 10.0 Å². The van der Waals surface area contributed by atoms with Gasteiger partial charge in [-0.05, 0) is 50.8 Å². The van der Waals surface area contributed by atoms with Crippen molar-refractivity contribution in [1.82, 2.24) is 15.1 Å². The molecule has 1 saturated heterocycles. The molecule has 1 heterocycles. The number of nitrogens with zero attached hydrogens (tertiary/aromatic N) is 2. The molecule has 28 heavy (non-hydrogen) atoms. The van der Waals surface area contributed by atoms with E-state index in [9.17, 15) is 9.59 Å². The molecule has 1 aliphatic heterocycles. The Morgan fingerprint density at radius 1 is 1.04 bits per heavy atom. The summed E-state index contributed by atoms with van der Waals surface area (Å²) in [6.07, 6.45) is 4.62. The Hall–Kier alpha value is -1.30. The first-order chi connectivity index (χ1) is 13.4. The van der Waals surface area contributed by atoms with Crippen LogP contribution in [0.3, 0.4) is 0 Å². The Kier molecular flexibility index (Phi) is 7.24. The lowest BCUT2D eigenvalue weighted by atomic mass is 9.94. The van der Waals surface area contributed by atoms with Crippen molar-refractivity contribution in [2.75, 3.05) is 26.2 Å². The predicted molar refractivity (Wildman–Crippen MR) is 113 cm³/mol. The quantitative estimate of drug-likeness (QED) is 0.779. The summed E-state index contributed by atoms with van der Waals surface area (Å²) >= 11 is 12.0. The van der Waals surface area contributed by atoms with E-state index in [0.29, 0.717) is 47.7 Å². The topological polar surface area (TPSA) is 52.7 Å². The van der Waals surface area contributed by atoms with Crippen molar-refractivity contribution in [2.24, 2.45) is 5.92 Å². The molecule has 1 aromatic rings. The molecule has 2 fully saturated rings. The summed E-state index contributed by atoms with van der Waals surface area (Å²) < 4.78 is 0. The van der Waals surface area contributed by atoms with Crippen molar-refractivity contribution in [2.45, 2.75) is 51.6 Å². The summed E-state index contributed by atoms with van der Waals surface area (Å²) in [6.45, 7) is 6.63. The molecule has 0 bridgehead atoms. The minimum Gasteiger partial charge on any atom is -0.353 e. The lowest BCUT2D eigenvalue weighted by molar-refractivity contribution is -0.129. The monoisotopic (exact) mass is 425 g/mol. The maximum Gasteiger partial charge on any atom is 0.253 e. The second kappa shape index (κ2) is 9.47. The molecule has 0 spiro atoms. The van der Waals surface area contributed by atoms with Gasteiger partial charge in [-0.25, -0.2) is 0 Å². The standard InChI is InChI=1S/C21H29Cl2N3O2/c1-14(2)24-20(27)19(15-5-3-4-6-15)25-9-11-26(12-10-25)21(28)16-7-8-17(22)18(23)13-16/h7-8,13-15,19H,3-6,9-12H2,1-2H3,(H,24,27). The van der Waals surface area contributed by atoms with Crippen molar-refractivity contribution in [3.63, 3.8) is 0 Å². The highest BCUT2D eigenvalue weighted by Gasteiger charge is 2.37. The lowest BCUT2D eigenvalue weighted by Crippen LogP contribution is -2.58. The smallest absolute Gasteiger partial charge is 0.253 e. The maximum atomic E-state index is 12.9. The minimum absolute atomic E-state index is 0.0396. The summed E-state index contributed by atoms with van der Waals surface area (Å²) in [7, 11) is 0. The Balaban J connectivity index is 1.65. The van der Waals surface area contributed by atoms with Crippen LogP contribution in [-0.4, -0.2) is 59.9 Å². The van der Waals surface area contributed by atoms with E-state index >= 15 is 0 Å². The average molecular weight is 426 g/mol. The molecule has 5 nitrogen and oxygen atoms in total. The van der Waals surface area contributed by atoms with E-state index in [-0.39, 0.29) is 23.9 Å². The zero-order valence-electron chi connectivity index (χ0n) is 16.6. The van der Waals surface area contributed by atoms with Crippen molar-refractivity contribution in [1.29, 1.82) is 0 Å². The number of nitrogens with one attached hydrogen (secondary N) is 1. The van der Waals surface area contributed by atoms with Gasteiger partial charge < -0.3 is 10.2 Å². The van der Waals surface area contributed by atoms with E-state index in [1.54, 1.807) is 18.2 Å². The van der Waals surface area contributed by atoms with Gasteiger partial charge in [-0.2, -0.15) is 0 Å². The van der Waals surface area contributed by atoms with Gasteiger partial charge in [0.2, 0.25) is 5.91 Å². The molecule has 2 aliphatic rings. The average Bonchev–Trinajstić information content (AvgIpc) is 3.18. The molecule has 1 saturated carbocycles. The number of carbonyl (C=O) groups excluding carboxylic acids is 2. The summed E-state index contributed by atoms with van der Waals surface area (Å²) in [5.74, 6) is 0.504. The van der Waals surface area contributed by atoms with Crippen LogP contribution in [0.25, 0.3) is 0 Å². The van der Waals surface area contributed by atoms with Gasteiger partial charge in [0, 0.05) is 37.8 Å². The van der Waals surface area contributed by atoms with E-state index in [0.717, 1.165) is 12.8 Å². The summed E-state index contributed by atoms with van der Waals surface area (Å²) in [6, 6.07) is 5.02. The fourth-order valence-electron chi connectivity index (χ4n) is 4.34.